The Morgan fingerprint density at radius 3 is 2.62 bits per heavy atom. The Morgan fingerprint density at radius 2 is 1.81 bits per heavy atom. The summed E-state index contributed by atoms with van der Waals surface area (Å²) in [5.41, 5.74) is 2.95. The summed E-state index contributed by atoms with van der Waals surface area (Å²) in [5, 5.41) is 2.87. The van der Waals surface area contributed by atoms with E-state index in [-0.39, 0.29) is 23.6 Å². The molecule has 2 fully saturated rings. The minimum absolute atomic E-state index is 0.0520. The van der Waals surface area contributed by atoms with Crippen LogP contribution in [0.2, 0.25) is 0 Å². The summed E-state index contributed by atoms with van der Waals surface area (Å²) in [6.07, 6.45) is 4.50. The molecule has 3 amide bonds. The van der Waals surface area contributed by atoms with E-state index in [9.17, 15) is 14.4 Å². The van der Waals surface area contributed by atoms with Crippen LogP contribution in [0, 0.1) is 5.92 Å². The van der Waals surface area contributed by atoms with Crippen LogP contribution in [-0.2, 0) is 27.2 Å². The number of fused-ring (bicyclic) bond motifs is 1. The highest BCUT2D eigenvalue weighted by atomic mass is 16.2. The number of carbonyl (C=O) groups is 3. The number of nitrogens with one attached hydrogen (secondary N) is 1. The molecule has 0 aromatic heterocycles. The third-order valence-electron chi connectivity index (χ3n) is 5.51. The molecule has 2 heterocycles. The second kappa shape index (κ2) is 7.09. The topological polar surface area (TPSA) is 69.7 Å². The van der Waals surface area contributed by atoms with Crippen molar-refractivity contribution in [1.29, 1.82) is 0 Å². The first-order chi connectivity index (χ1) is 12.6. The Hall–Kier alpha value is -2.37. The largest absolute Gasteiger partial charge is 0.341 e. The minimum atomic E-state index is 0.0520. The van der Waals surface area contributed by atoms with Crippen LogP contribution < -0.4 is 5.32 Å². The normalized spacial score (nSPS) is 20.2. The van der Waals surface area contributed by atoms with Crippen molar-refractivity contribution in [3.8, 4) is 0 Å². The van der Waals surface area contributed by atoms with Crippen LogP contribution >= 0.6 is 0 Å². The molecule has 6 heteroatoms. The van der Waals surface area contributed by atoms with E-state index in [1.54, 1.807) is 0 Å². The lowest BCUT2D eigenvalue weighted by Gasteiger charge is -2.23. The van der Waals surface area contributed by atoms with Gasteiger partial charge >= 0.3 is 0 Å². The van der Waals surface area contributed by atoms with Crippen molar-refractivity contribution in [3.05, 3.63) is 29.3 Å². The molecule has 1 saturated heterocycles. The van der Waals surface area contributed by atoms with Crippen molar-refractivity contribution in [2.75, 3.05) is 31.5 Å². The van der Waals surface area contributed by atoms with Crippen LogP contribution in [0.1, 0.15) is 36.8 Å². The van der Waals surface area contributed by atoms with Gasteiger partial charge in [0.25, 0.3) is 0 Å². The highest BCUT2D eigenvalue weighted by molar-refractivity contribution is 5.94. The molecule has 1 aliphatic carbocycles. The highest BCUT2D eigenvalue weighted by Crippen LogP contribution is 2.31. The summed E-state index contributed by atoms with van der Waals surface area (Å²) in [5.74, 6) is 0.686. The average Bonchev–Trinajstić information content (AvgIpc) is 3.48. The summed E-state index contributed by atoms with van der Waals surface area (Å²) in [4.78, 5) is 40.2. The maximum Gasteiger partial charge on any atom is 0.227 e. The van der Waals surface area contributed by atoms with Crippen molar-refractivity contribution in [1.82, 2.24) is 9.80 Å². The van der Waals surface area contributed by atoms with Crippen molar-refractivity contribution in [2.45, 2.75) is 38.5 Å². The summed E-state index contributed by atoms with van der Waals surface area (Å²) in [7, 11) is 0. The monoisotopic (exact) mass is 355 g/mol. The summed E-state index contributed by atoms with van der Waals surface area (Å²) in [6, 6.07) is 5.85. The molecule has 26 heavy (non-hydrogen) atoms. The molecule has 6 nitrogen and oxygen atoms in total. The molecule has 0 spiro atoms. The van der Waals surface area contributed by atoms with E-state index in [0.29, 0.717) is 32.5 Å². The zero-order valence-corrected chi connectivity index (χ0v) is 15.0. The van der Waals surface area contributed by atoms with E-state index < -0.39 is 0 Å². The molecule has 1 saturated carbocycles. The van der Waals surface area contributed by atoms with Gasteiger partial charge < -0.3 is 15.1 Å². The summed E-state index contributed by atoms with van der Waals surface area (Å²) < 4.78 is 0. The summed E-state index contributed by atoms with van der Waals surface area (Å²) >= 11 is 0. The molecule has 0 unspecified atom stereocenters. The van der Waals surface area contributed by atoms with E-state index in [0.717, 1.165) is 49.0 Å². The van der Waals surface area contributed by atoms with E-state index in [2.05, 4.69) is 5.32 Å². The van der Waals surface area contributed by atoms with E-state index in [1.807, 2.05) is 28.0 Å². The van der Waals surface area contributed by atoms with Gasteiger partial charge in [0.15, 0.2) is 0 Å². The van der Waals surface area contributed by atoms with Gasteiger partial charge in [-0.05, 0) is 42.9 Å². The molecule has 0 bridgehead atoms. The predicted molar refractivity (Wildman–Crippen MR) is 97.6 cm³/mol. The molecule has 3 aliphatic rings. The van der Waals surface area contributed by atoms with Crippen molar-refractivity contribution < 1.29 is 14.4 Å². The second-order valence-electron chi connectivity index (χ2n) is 7.55. The van der Waals surface area contributed by atoms with Crippen LogP contribution in [0.15, 0.2) is 18.2 Å². The average molecular weight is 355 g/mol. The van der Waals surface area contributed by atoms with Gasteiger partial charge in [-0.1, -0.05) is 12.1 Å². The van der Waals surface area contributed by atoms with Gasteiger partial charge in [-0.25, -0.2) is 0 Å². The fraction of sp³-hybridized carbons (Fsp3) is 0.550. The Labute approximate surface area is 153 Å². The number of hydrogen-bond acceptors (Lipinski definition) is 3. The summed E-state index contributed by atoms with van der Waals surface area (Å²) in [6.45, 7) is 2.75. The molecule has 1 N–H and O–H groups in total. The molecule has 138 valence electrons. The predicted octanol–water partition coefficient (Wildman–Crippen LogP) is 1.58. The first-order valence-corrected chi connectivity index (χ1v) is 9.58. The van der Waals surface area contributed by atoms with Gasteiger partial charge in [0.05, 0.1) is 6.42 Å². The number of amides is 3. The fourth-order valence-corrected chi connectivity index (χ4v) is 3.81. The third kappa shape index (κ3) is 3.74. The van der Waals surface area contributed by atoms with Gasteiger partial charge in [-0.15, -0.1) is 0 Å². The number of hydrogen-bond donors (Lipinski definition) is 1. The van der Waals surface area contributed by atoms with Crippen LogP contribution in [0.5, 0.6) is 0 Å². The quantitative estimate of drug-likeness (QED) is 0.895. The Bertz CT molecular complexity index is 742. The molecule has 0 atom stereocenters. The van der Waals surface area contributed by atoms with Crippen LogP contribution in [0.25, 0.3) is 0 Å². The minimum Gasteiger partial charge on any atom is -0.341 e. The van der Waals surface area contributed by atoms with Crippen LogP contribution in [0.3, 0.4) is 0 Å². The van der Waals surface area contributed by atoms with Crippen LogP contribution in [-0.4, -0.2) is 53.7 Å². The van der Waals surface area contributed by atoms with Crippen LogP contribution in [0.4, 0.5) is 5.69 Å². The maximum atomic E-state index is 12.7. The van der Waals surface area contributed by atoms with Gasteiger partial charge in [0, 0.05) is 44.2 Å². The van der Waals surface area contributed by atoms with Gasteiger partial charge in [0.1, 0.15) is 0 Å². The third-order valence-corrected chi connectivity index (χ3v) is 5.51. The molecule has 1 aromatic rings. The highest BCUT2D eigenvalue weighted by Gasteiger charge is 2.34. The Balaban J connectivity index is 1.36. The standard InChI is InChI=1S/C20H25N3O3/c24-18-7-5-16-12-14(2-6-17(16)21-18)13-19(25)22-8-1-9-23(11-10-22)20(26)15-3-4-15/h2,6,12,15H,1,3-5,7-11,13H2,(H,21,24). The van der Waals surface area contributed by atoms with E-state index >= 15 is 0 Å². The second-order valence-corrected chi connectivity index (χ2v) is 7.55. The zero-order valence-electron chi connectivity index (χ0n) is 15.0. The lowest BCUT2D eigenvalue weighted by atomic mass is 9.99. The van der Waals surface area contributed by atoms with E-state index in [1.165, 1.54) is 0 Å². The van der Waals surface area contributed by atoms with Gasteiger partial charge in [-0.3, -0.25) is 14.4 Å². The Morgan fingerprint density at radius 1 is 1.04 bits per heavy atom. The SMILES string of the molecule is O=C1CCc2cc(CC(=O)N3CCCN(C(=O)C4CC4)CC3)ccc2N1. The maximum absolute atomic E-state index is 12.7. The molecule has 0 radical (unpaired) electrons. The Kier molecular flexibility index (Phi) is 4.66. The smallest absolute Gasteiger partial charge is 0.227 e. The lowest BCUT2D eigenvalue weighted by Crippen LogP contribution is -2.38. The number of anilines is 1. The number of nitrogens with zero attached hydrogens (tertiary/aromatic N) is 2. The number of rotatable bonds is 3. The molecule has 1 aromatic carbocycles. The lowest BCUT2D eigenvalue weighted by molar-refractivity contribution is -0.134. The molecular formula is C20H25N3O3. The first-order valence-electron chi connectivity index (χ1n) is 9.58. The fourth-order valence-electron chi connectivity index (χ4n) is 3.81. The van der Waals surface area contributed by atoms with Crippen molar-refractivity contribution in [3.63, 3.8) is 0 Å². The van der Waals surface area contributed by atoms with Crippen molar-refractivity contribution in [2.24, 2.45) is 5.92 Å². The molecule has 2 aliphatic heterocycles. The molecule has 4 rings (SSSR count). The number of aryl methyl sites for hydroxylation is 1. The number of carbonyl (C=O) groups excluding carboxylic acids is 3. The first kappa shape index (κ1) is 17.1. The van der Waals surface area contributed by atoms with Gasteiger partial charge in [0.2, 0.25) is 17.7 Å². The van der Waals surface area contributed by atoms with Crippen molar-refractivity contribution >= 4 is 23.4 Å². The number of benzene rings is 1. The van der Waals surface area contributed by atoms with Gasteiger partial charge in [-0.2, -0.15) is 0 Å². The molecular weight excluding hydrogens is 330 g/mol. The van der Waals surface area contributed by atoms with E-state index in [4.69, 9.17) is 0 Å². The zero-order chi connectivity index (χ0) is 18.1.